The summed E-state index contributed by atoms with van der Waals surface area (Å²) in [7, 11) is 3.76. The van der Waals surface area contributed by atoms with E-state index in [1.54, 1.807) is 7.11 Å². The van der Waals surface area contributed by atoms with Crippen LogP contribution < -0.4 is 14.8 Å². The van der Waals surface area contributed by atoms with Crippen molar-refractivity contribution in [2.75, 3.05) is 26.0 Å². The van der Waals surface area contributed by atoms with Crippen LogP contribution >= 0.6 is 0 Å². The summed E-state index contributed by atoms with van der Waals surface area (Å²) in [6, 6.07) is 26.0. The number of benzene rings is 3. The van der Waals surface area contributed by atoms with Gasteiger partial charge in [-0.1, -0.05) is 54.6 Å². The van der Waals surface area contributed by atoms with Crippen LogP contribution in [0.15, 0.2) is 85.1 Å². The van der Waals surface area contributed by atoms with Gasteiger partial charge in [-0.25, -0.2) is 15.0 Å². The third-order valence-corrected chi connectivity index (χ3v) is 6.53. The summed E-state index contributed by atoms with van der Waals surface area (Å²) in [5.41, 5.74) is 5.77. The van der Waals surface area contributed by atoms with E-state index in [1.807, 2.05) is 66.9 Å². The SMILES string of the molecule is COc1nc2c(cc1Nc1ncc3cccc(-c4ccccc4Oc4ccccc4)c3n1)CN(C)CC2. The molecule has 7 heteroatoms. The third-order valence-electron chi connectivity index (χ3n) is 6.53. The summed E-state index contributed by atoms with van der Waals surface area (Å²) < 4.78 is 11.8. The average molecular weight is 490 g/mol. The van der Waals surface area contributed by atoms with Crippen LogP contribution in [0.25, 0.3) is 22.0 Å². The average Bonchev–Trinajstić information content (AvgIpc) is 2.93. The maximum Gasteiger partial charge on any atom is 0.237 e. The van der Waals surface area contributed by atoms with Crippen molar-refractivity contribution in [2.45, 2.75) is 13.0 Å². The van der Waals surface area contributed by atoms with Crippen molar-refractivity contribution >= 4 is 22.5 Å². The molecule has 3 heterocycles. The number of hydrogen-bond acceptors (Lipinski definition) is 7. The van der Waals surface area contributed by atoms with Crippen LogP contribution in [0.1, 0.15) is 11.3 Å². The minimum Gasteiger partial charge on any atom is -0.480 e. The molecule has 5 aromatic rings. The van der Waals surface area contributed by atoms with Crippen LogP contribution in [0.5, 0.6) is 17.4 Å². The predicted octanol–water partition coefficient (Wildman–Crippen LogP) is 6.22. The van der Waals surface area contributed by atoms with Gasteiger partial charge in [0.25, 0.3) is 0 Å². The lowest BCUT2D eigenvalue weighted by Crippen LogP contribution is -2.27. The standard InChI is InChI=1S/C30H27N5O2/c1-35-16-15-25-21(19-35)17-26(29(32-25)36-2)33-30-31-18-20-9-8-13-24(28(20)34-30)23-12-6-7-14-27(23)37-22-10-4-3-5-11-22/h3-14,17-18H,15-16,19H2,1-2H3,(H,31,33,34). The first-order valence-electron chi connectivity index (χ1n) is 12.3. The van der Waals surface area contributed by atoms with Crippen molar-refractivity contribution in [3.8, 4) is 28.5 Å². The summed E-state index contributed by atoms with van der Waals surface area (Å²) >= 11 is 0. The van der Waals surface area contributed by atoms with Crippen molar-refractivity contribution in [1.29, 1.82) is 0 Å². The summed E-state index contributed by atoms with van der Waals surface area (Å²) in [5, 5.41) is 4.29. The van der Waals surface area contributed by atoms with Crippen LogP contribution in [-0.4, -0.2) is 40.6 Å². The van der Waals surface area contributed by atoms with Crippen LogP contribution in [0.4, 0.5) is 11.6 Å². The second-order valence-corrected chi connectivity index (χ2v) is 9.11. The zero-order chi connectivity index (χ0) is 25.2. The van der Waals surface area contributed by atoms with E-state index >= 15 is 0 Å². The van der Waals surface area contributed by atoms with Crippen LogP contribution in [0.2, 0.25) is 0 Å². The monoisotopic (exact) mass is 489 g/mol. The molecule has 37 heavy (non-hydrogen) atoms. The second kappa shape index (κ2) is 9.87. The van der Waals surface area contributed by atoms with Gasteiger partial charge >= 0.3 is 0 Å². The summed E-state index contributed by atoms with van der Waals surface area (Å²) in [6.07, 6.45) is 2.74. The number of nitrogens with zero attached hydrogens (tertiary/aromatic N) is 4. The Labute approximate surface area is 215 Å². The van der Waals surface area contributed by atoms with Gasteiger partial charge in [0.05, 0.1) is 18.3 Å². The predicted molar refractivity (Wildman–Crippen MR) is 146 cm³/mol. The van der Waals surface area contributed by atoms with E-state index in [1.165, 1.54) is 5.56 Å². The molecule has 3 aromatic carbocycles. The highest BCUT2D eigenvalue weighted by molar-refractivity contribution is 5.95. The number of rotatable bonds is 6. The third kappa shape index (κ3) is 4.69. The van der Waals surface area contributed by atoms with Gasteiger partial charge in [-0.05, 0) is 36.9 Å². The molecule has 0 aliphatic carbocycles. The minimum absolute atomic E-state index is 0.477. The molecule has 1 N–H and O–H groups in total. The molecule has 0 saturated heterocycles. The molecule has 184 valence electrons. The first kappa shape index (κ1) is 22.9. The highest BCUT2D eigenvalue weighted by Gasteiger charge is 2.19. The molecule has 0 saturated carbocycles. The summed E-state index contributed by atoms with van der Waals surface area (Å²) in [6.45, 7) is 1.84. The Morgan fingerprint density at radius 3 is 2.57 bits per heavy atom. The first-order chi connectivity index (χ1) is 18.2. The Morgan fingerprint density at radius 2 is 1.70 bits per heavy atom. The Balaban J connectivity index is 1.39. The maximum absolute atomic E-state index is 6.24. The molecule has 1 aliphatic heterocycles. The number of nitrogens with one attached hydrogen (secondary N) is 1. The Hall–Kier alpha value is -4.49. The number of ether oxygens (including phenoxy) is 2. The van der Waals surface area contributed by atoms with E-state index in [-0.39, 0.29) is 0 Å². The highest BCUT2D eigenvalue weighted by Crippen LogP contribution is 2.37. The van der Waals surface area contributed by atoms with E-state index in [9.17, 15) is 0 Å². The first-order valence-corrected chi connectivity index (χ1v) is 12.3. The smallest absolute Gasteiger partial charge is 0.237 e. The normalized spacial score (nSPS) is 13.2. The molecule has 0 amide bonds. The van der Waals surface area contributed by atoms with Crippen molar-refractivity contribution in [2.24, 2.45) is 0 Å². The number of likely N-dealkylation sites (N-methyl/N-ethyl adjacent to an activating group) is 1. The zero-order valence-corrected chi connectivity index (χ0v) is 20.8. The van der Waals surface area contributed by atoms with E-state index < -0.39 is 0 Å². The van der Waals surface area contributed by atoms with Crippen molar-refractivity contribution in [1.82, 2.24) is 19.9 Å². The van der Waals surface area contributed by atoms with Gasteiger partial charge in [-0.15, -0.1) is 0 Å². The largest absolute Gasteiger partial charge is 0.480 e. The van der Waals surface area contributed by atoms with Crippen LogP contribution in [0.3, 0.4) is 0 Å². The molecule has 1 aliphatic rings. The van der Waals surface area contributed by atoms with Gasteiger partial charge in [0, 0.05) is 42.2 Å². The van der Waals surface area contributed by atoms with Gasteiger partial charge in [-0.2, -0.15) is 0 Å². The van der Waals surface area contributed by atoms with Gasteiger partial charge in [0.1, 0.15) is 17.2 Å². The molecule has 0 atom stereocenters. The lowest BCUT2D eigenvalue weighted by Gasteiger charge is -2.25. The lowest BCUT2D eigenvalue weighted by atomic mass is 10.0. The zero-order valence-electron chi connectivity index (χ0n) is 20.8. The van der Waals surface area contributed by atoms with E-state index in [0.717, 1.165) is 64.4 Å². The number of fused-ring (bicyclic) bond motifs is 2. The maximum atomic E-state index is 6.24. The molecule has 2 aromatic heterocycles. The summed E-state index contributed by atoms with van der Waals surface area (Å²) in [4.78, 5) is 16.6. The Kier molecular flexibility index (Phi) is 6.12. The van der Waals surface area contributed by atoms with Gasteiger partial charge < -0.3 is 19.7 Å². The van der Waals surface area contributed by atoms with E-state index in [0.29, 0.717) is 11.8 Å². The number of hydrogen-bond donors (Lipinski definition) is 1. The Bertz CT molecular complexity index is 1570. The number of methoxy groups -OCH3 is 1. The van der Waals surface area contributed by atoms with E-state index in [4.69, 9.17) is 19.4 Å². The van der Waals surface area contributed by atoms with Crippen molar-refractivity contribution < 1.29 is 9.47 Å². The van der Waals surface area contributed by atoms with E-state index in [2.05, 4.69) is 40.4 Å². The molecule has 0 unspecified atom stereocenters. The molecule has 0 spiro atoms. The number of anilines is 2. The fourth-order valence-corrected chi connectivity index (χ4v) is 4.69. The minimum atomic E-state index is 0.477. The molecule has 0 fully saturated rings. The molecule has 0 radical (unpaired) electrons. The van der Waals surface area contributed by atoms with Gasteiger partial charge in [0.2, 0.25) is 11.8 Å². The number of pyridine rings is 1. The quantitative estimate of drug-likeness (QED) is 0.303. The topological polar surface area (TPSA) is 72.4 Å². The lowest BCUT2D eigenvalue weighted by molar-refractivity contribution is 0.307. The summed E-state index contributed by atoms with van der Waals surface area (Å²) in [5.74, 6) is 2.57. The van der Waals surface area contributed by atoms with Crippen LogP contribution in [0, 0.1) is 0 Å². The fourth-order valence-electron chi connectivity index (χ4n) is 4.69. The van der Waals surface area contributed by atoms with Gasteiger partial charge in [-0.3, -0.25) is 0 Å². The Morgan fingerprint density at radius 1 is 0.892 bits per heavy atom. The van der Waals surface area contributed by atoms with Crippen molar-refractivity contribution in [3.63, 3.8) is 0 Å². The number of aromatic nitrogens is 3. The molecule has 0 bridgehead atoms. The van der Waals surface area contributed by atoms with Crippen LogP contribution in [-0.2, 0) is 13.0 Å². The van der Waals surface area contributed by atoms with Crippen molar-refractivity contribution in [3.05, 3.63) is 96.3 Å². The van der Waals surface area contributed by atoms with Gasteiger partial charge in [0.15, 0.2) is 0 Å². The molecular formula is C30H27N5O2. The highest BCUT2D eigenvalue weighted by atomic mass is 16.5. The molecule has 6 rings (SSSR count). The molecular weight excluding hydrogens is 462 g/mol. The number of para-hydroxylation sites is 3. The fraction of sp³-hybridized carbons (Fsp3) is 0.167. The second-order valence-electron chi connectivity index (χ2n) is 9.11. The molecule has 7 nitrogen and oxygen atoms in total.